The molecule has 1 aliphatic carbocycles. The van der Waals surface area contributed by atoms with Crippen LogP contribution in [-0.2, 0) is 10.9 Å². The molecule has 1 heterocycles. The van der Waals surface area contributed by atoms with Gasteiger partial charge in [-0.15, -0.1) is 0 Å². The average Bonchev–Trinajstić information content (AvgIpc) is 2.68. The van der Waals surface area contributed by atoms with Gasteiger partial charge in [0.2, 0.25) is 0 Å². The van der Waals surface area contributed by atoms with E-state index in [1.54, 1.807) is 11.1 Å². The van der Waals surface area contributed by atoms with Crippen molar-refractivity contribution in [3.63, 3.8) is 0 Å². The third kappa shape index (κ3) is 3.91. The Labute approximate surface area is 110 Å². The number of allylic oxidation sites excluding steroid dienone is 3. The molecule has 1 aliphatic heterocycles. The van der Waals surface area contributed by atoms with Crippen molar-refractivity contribution >= 4 is 10.9 Å². The molecule has 0 N–H and O–H groups in total. The molecule has 0 aromatic carbocycles. The lowest BCUT2D eigenvalue weighted by molar-refractivity contribution is 0.352. The predicted octanol–water partition coefficient (Wildman–Crippen LogP) is 4.48. The van der Waals surface area contributed by atoms with Crippen molar-refractivity contribution in [3.05, 3.63) is 23.3 Å². The van der Waals surface area contributed by atoms with Crippen LogP contribution in [0.2, 0.25) is 0 Å². The molecule has 0 atom stereocenters. The summed E-state index contributed by atoms with van der Waals surface area (Å²) in [5, 5.41) is 0. The Morgan fingerprint density at radius 3 is 2.59 bits per heavy atom. The molecule has 0 nitrogen and oxygen atoms in total. The first-order valence-corrected chi connectivity index (χ1v) is 8.85. The van der Waals surface area contributed by atoms with Gasteiger partial charge in [0.15, 0.2) is 0 Å². The maximum absolute atomic E-state index is 2.53. The SMILES string of the molecule is CC/C=C1/C=C(C[S+]2CCCC2)CC(C)(C)C1. The Morgan fingerprint density at radius 1 is 1.24 bits per heavy atom. The van der Waals surface area contributed by atoms with Gasteiger partial charge in [-0.05, 0) is 54.0 Å². The normalized spacial score (nSPS) is 27.5. The quantitative estimate of drug-likeness (QED) is 0.649. The maximum Gasteiger partial charge on any atom is 0.129 e. The highest BCUT2D eigenvalue weighted by molar-refractivity contribution is 7.97. The van der Waals surface area contributed by atoms with Crippen molar-refractivity contribution in [2.24, 2.45) is 5.41 Å². The highest BCUT2D eigenvalue weighted by Gasteiger charge is 2.30. The summed E-state index contributed by atoms with van der Waals surface area (Å²) < 4.78 is 0. The zero-order valence-corrected chi connectivity index (χ0v) is 12.5. The summed E-state index contributed by atoms with van der Waals surface area (Å²) in [7, 11) is 0.728. The van der Waals surface area contributed by atoms with Crippen molar-refractivity contribution in [2.45, 2.75) is 52.9 Å². The van der Waals surface area contributed by atoms with E-state index >= 15 is 0 Å². The van der Waals surface area contributed by atoms with Crippen LogP contribution in [0.4, 0.5) is 0 Å². The summed E-state index contributed by atoms with van der Waals surface area (Å²) in [4.78, 5) is 0. The molecular formula is C16H27S+. The van der Waals surface area contributed by atoms with Crippen molar-refractivity contribution in [2.75, 3.05) is 17.3 Å². The summed E-state index contributed by atoms with van der Waals surface area (Å²) in [6, 6.07) is 0. The standard InChI is InChI=1S/C16H27S/c1-4-7-14-10-15(12-16(2,3)11-14)13-17-8-5-6-9-17/h7,10H,4-6,8-9,11-13H2,1-3H3/q+1/b14-7-. The molecule has 2 aliphatic rings. The minimum atomic E-state index is 0.494. The summed E-state index contributed by atoms with van der Waals surface area (Å²) in [6.07, 6.45) is 11.7. The van der Waals surface area contributed by atoms with Crippen molar-refractivity contribution < 1.29 is 0 Å². The van der Waals surface area contributed by atoms with Crippen molar-refractivity contribution in [1.29, 1.82) is 0 Å². The van der Waals surface area contributed by atoms with E-state index in [4.69, 9.17) is 0 Å². The maximum atomic E-state index is 2.53. The molecule has 1 saturated heterocycles. The second-order valence-electron chi connectivity index (χ2n) is 6.38. The van der Waals surface area contributed by atoms with E-state index in [-0.39, 0.29) is 0 Å². The molecule has 17 heavy (non-hydrogen) atoms. The van der Waals surface area contributed by atoms with E-state index in [1.807, 2.05) is 0 Å². The van der Waals surface area contributed by atoms with Gasteiger partial charge in [0, 0.05) is 0 Å². The second-order valence-corrected chi connectivity index (χ2v) is 8.71. The topological polar surface area (TPSA) is 0 Å². The lowest BCUT2D eigenvalue weighted by Gasteiger charge is -2.31. The van der Waals surface area contributed by atoms with Crippen LogP contribution in [-0.4, -0.2) is 17.3 Å². The molecule has 0 bridgehead atoms. The summed E-state index contributed by atoms with van der Waals surface area (Å²) in [5.74, 6) is 4.42. The van der Waals surface area contributed by atoms with E-state index in [9.17, 15) is 0 Å². The Hall–Kier alpha value is -0.170. The molecule has 0 amide bonds. The predicted molar refractivity (Wildman–Crippen MR) is 80.7 cm³/mol. The van der Waals surface area contributed by atoms with Gasteiger partial charge < -0.3 is 0 Å². The van der Waals surface area contributed by atoms with Gasteiger partial charge in [0.05, 0.1) is 0 Å². The van der Waals surface area contributed by atoms with Crippen molar-refractivity contribution in [3.8, 4) is 0 Å². The van der Waals surface area contributed by atoms with Crippen LogP contribution in [0.25, 0.3) is 0 Å². The van der Waals surface area contributed by atoms with Crippen molar-refractivity contribution in [1.82, 2.24) is 0 Å². The van der Waals surface area contributed by atoms with E-state index in [0.29, 0.717) is 5.41 Å². The molecule has 1 heteroatoms. The molecule has 0 aromatic rings. The lowest BCUT2D eigenvalue weighted by atomic mass is 9.75. The zero-order valence-electron chi connectivity index (χ0n) is 11.7. The highest BCUT2D eigenvalue weighted by atomic mass is 32.2. The second kappa shape index (κ2) is 5.65. The fraction of sp³-hybridized carbons (Fsp3) is 0.750. The van der Waals surface area contributed by atoms with Gasteiger partial charge in [-0.1, -0.05) is 38.5 Å². The van der Waals surface area contributed by atoms with Gasteiger partial charge in [-0.3, -0.25) is 0 Å². The van der Waals surface area contributed by atoms with Gasteiger partial charge >= 0.3 is 0 Å². The Balaban J connectivity index is 2.05. The minimum Gasteiger partial charge on any atom is -0.0816 e. The number of hydrogen-bond donors (Lipinski definition) is 0. The van der Waals surface area contributed by atoms with E-state index in [0.717, 1.165) is 10.9 Å². The molecule has 0 radical (unpaired) electrons. The van der Waals surface area contributed by atoms with Crippen LogP contribution in [0.1, 0.15) is 52.9 Å². The van der Waals surface area contributed by atoms with Gasteiger partial charge in [0.25, 0.3) is 0 Å². The molecule has 0 aromatic heterocycles. The third-order valence-electron chi connectivity index (χ3n) is 3.75. The fourth-order valence-electron chi connectivity index (χ4n) is 3.20. The molecule has 2 rings (SSSR count). The first kappa shape index (κ1) is 13.3. The fourth-order valence-corrected chi connectivity index (χ4v) is 5.63. The molecular weight excluding hydrogens is 224 g/mol. The minimum absolute atomic E-state index is 0.494. The van der Waals surface area contributed by atoms with Crippen LogP contribution in [0.15, 0.2) is 23.3 Å². The van der Waals surface area contributed by atoms with Crippen LogP contribution >= 0.6 is 0 Å². The average molecular weight is 251 g/mol. The summed E-state index contributed by atoms with van der Waals surface area (Å²) >= 11 is 0. The first-order chi connectivity index (χ1) is 8.09. The first-order valence-electron chi connectivity index (χ1n) is 7.12. The van der Waals surface area contributed by atoms with E-state index < -0.39 is 0 Å². The van der Waals surface area contributed by atoms with E-state index in [1.165, 1.54) is 49.4 Å². The van der Waals surface area contributed by atoms with Gasteiger partial charge in [-0.25, -0.2) is 0 Å². The summed E-state index contributed by atoms with van der Waals surface area (Å²) in [6.45, 7) is 7.11. The molecule has 0 saturated carbocycles. The zero-order chi connectivity index (χ0) is 12.3. The number of rotatable bonds is 3. The van der Waals surface area contributed by atoms with E-state index in [2.05, 4.69) is 32.9 Å². The largest absolute Gasteiger partial charge is 0.129 e. The molecule has 0 spiro atoms. The molecule has 96 valence electrons. The Morgan fingerprint density at radius 2 is 1.94 bits per heavy atom. The van der Waals surface area contributed by atoms with Gasteiger partial charge in [0.1, 0.15) is 17.3 Å². The Bertz CT molecular complexity index is 316. The van der Waals surface area contributed by atoms with Crippen LogP contribution in [0.5, 0.6) is 0 Å². The molecule has 1 fully saturated rings. The van der Waals surface area contributed by atoms with Gasteiger partial charge in [-0.2, -0.15) is 0 Å². The number of hydrogen-bond acceptors (Lipinski definition) is 0. The van der Waals surface area contributed by atoms with Crippen LogP contribution in [0, 0.1) is 5.41 Å². The third-order valence-corrected chi connectivity index (χ3v) is 6.26. The monoisotopic (exact) mass is 251 g/mol. The Kier molecular flexibility index (Phi) is 4.41. The lowest BCUT2D eigenvalue weighted by Crippen LogP contribution is -2.22. The molecule has 0 unspecified atom stereocenters. The summed E-state index contributed by atoms with van der Waals surface area (Å²) in [5.41, 5.74) is 3.83. The van der Waals surface area contributed by atoms with Crippen LogP contribution < -0.4 is 0 Å². The highest BCUT2D eigenvalue weighted by Crippen LogP contribution is 2.39. The van der Waals surface area contributed by atoms with Crippen LogP contribution in [0.3, 0.4) is 0 Å². The smallest absolute Gasteiger partial charge is 0.0816 e.